The Hall–Kier alpha value is -4.47. The number of aromatic nitrogens is 4. The highest BCUT2D eigenvalue weighted by Crippen LogP contribution is 2.20. The van der Waals surface area contributed by atoms with Gasteiger partial charge < -0.3 is 15.4 Å². The number of halogens is 1. The summed E-state index contributed by atoms with van der Waals surface area (Å²) in [4.78, 5) is 35.3. The van der Waals surface area contributed by atoms with Gasteiger partial charge in [-0.3, -0.25) is 4.57 Å². The zero-order valence-corrected chi connectivity index (χ0v) is 20.4. The Morgan fingerprint density at radius 1 is 0.946 bits per heavy atom. The number of hydrogen-bond donors (Lipinski definition) is 2. The molecule has 0 atom stereocenters. The summed E-state index contributed by atoms with van der Waals surface area (Å²) in [5, 5.41) is 6.44. The first-order chi connectivity index (χ1) is 18.0. The number of fused-ring (bicyclic) bond motifs is 1. The van der Waals surface area contributed by atoms with E-state index in [0.717, 1.165) is 41.0 Å². The van der Waals surface area contributed by atoms with E-state index < -0.39 is 17.2 Å². The van der Waals surface area contributed by atoms with E-state index in [1.807, 2.05) is 24.3 Å². The van der Waals surface area contributed by atoms with Crippen LogP contribution in [0, 0.1) is 5.82 Å². The average molecular weight is 503 g/mol. The quantitative estimate of drug-likeness (QED) is 0.382. The molecular formula is C27H27FN6O3. The Morgan fingerprint density at radius 3 is 2.38 bits per heavy atom. The molecule has 3 heterocycles. The van der Waals surface area contributed by atoms with Gasteiger partial charge in [-0.15, -0.1) is 0 Å². The van der Waals surface area contributed by atoms with Crippen molar-refractivity contribution in [2.24, 2.45) is 0 Å². The van der Waals surface area contributed by atoms with E-state index in [-0.39, 0.29) is 25.6 Å². The van der Waals surface area contributed by atoms with Crippen LogP contribution in [-0.2, 0) is 26.1 Å². The molecule has 0 bridgehead atoms. The van der Waals surface area contributed by atoms with Gasteiger partial charge in [0.05, 0.1) is 32.4 Å². The van der Waals surface area contributed by atoms with Gasteiger partial charge in [-0.25, -0.2) is 23.5 Å². The standard InChI is InChI=1S/C27H27FN6O3/c1-37-23-12-6-19(7-13-23)16-33-25(30-15-22-11-8-20-3-2-14-29-24(20)31-22)32-26(35)34(27(33)36)17-18-4-9-21(28)10-5-18/h4-13H,2-3,14-17H2,1H3,(H,29,31)(H,30,32,35). The molecule has 1 aliphatic rings. The van der Waals surface area contributed by atoms with Gasteiger partial charge >= 0.3 is 11.4 Å². The Labute approximate surface area is 212 Å². The first kappa shape index (κ1) is 24.2. The van der Waals surface area contributed by atoms with E-state index in [1.165, 1.54) is 34.4 Å². The van der Waals surface area contributed by atoms with Crippen LogP contribution in [0.25, 0.3) is 0 Å². The number of ether oxygens (including phenoxy) is 1. The number of nitrogens with zero attached hydrogens (tertiary/aromatic N) is 4. The molecule has 0 unspecified atom stereocenters. The van der Waals surface area contributed by atoms with Crippen molar-refractivity contribution in [1.82, 2.24) is 19.1 Å². The molecule has 0 fully saturated rings. The molecular weight excluding hydrogens is 475 g/mol. The van der Waals surface area contributed by atoms with Crippen molar-refractivity contribution < 1.29 is 9.13 Å². The molecule has 9 nitrogen and oxygen atoms in total. The van der Waals surface area contributed by atoms with Crippen LogP contribution >= 0.6 is 0 Å². The summed E-state index contributed by atoms with van der Waals surface area (Å²) < 4.78 is 21.0. The Morgan fingerprint density at radius 2 is 1.65 bits per heavy atom. The molecule has 1 aliphatic heterocycles. The maximum Gasteiger partial charge on any atom is 0.355 e. The van der Waals surface area contributed by atoms with Crippen LogP contribution in [0.5, 0.6) is 5.75 Å². The third-order valence-electron chi connectivity index (χ3n) is 6.28. The molecule has 2 aromatic carbocycles. The molecule has 0 spiro atoms. The lowest BCUT2D eigenvalue weighted by Crippen LogP contribution is -2.43. The van der Waals surface area contributed by atoms with Crippen molar-refractivity contribution in [1.29, 1.82) is 0 Å². The van der Waals surface area contributed by atoms with Crippen LogP contribution < -0.4 is 26.7 Å². The average Bonchev–Trinajstić information content (AvgIpc) is 2.93. The highest BCUT2D eigenvalue weighted by Gasteiger charge is 2.16. The lowest BCUT2D eigenvalue weighted by atomic mass is 10.1. The molecule has 5 rings (SSSR count). The molecule has 0 radical (unpaired) electrons. The van der Waals surface area contributed by atoms with Gasteiger partial charge in [0, 0.05) is 6.54 Å². The van der Waals surface area contributed by atoms with Gasteiger partial charge in [0.1, 0.15) is 17.4 Å². The maximum atomic E-state index is 13.5. The van der Waals surface area contributed by atoms with Crippen molar-refractivity contribution in [3.63, 3.8) is 0 Å². The van der Waals surface area contributed by atoms with Crippen molar-refractivity contribution in [2.45, 2.75) is 32.5 Å². The Balaban J connectivity index is 1.47. The van der Waals surface area contributed by atoms with Gasteiger partial charge in [0.25, 0.3) is 0 Å². The zero-order chi connectivity index (χ0) is 25.8. The number of benzene rings is 2. The van der Waals surface area contributed by atoms with E-state index in [9.17, 15) is 14.0 Å². The lowest BCUT2D eigenvalue weighted by Gasteiger charge is -2.18. The number of rotatable bonds is 8. The zero-order valence-electron chi connectivity index (χ0n) is 20.4. The molecule has 2 aromatic heterocycles. The topological polar surface area (TPSA) is 103 Å². The second kappa shape index (κ2) is 10.7. The van der Waals surface area contributed by atoms with E-state index in [2.05, 4.69) is 20.6 Å². The smallest absolute Gasteiger partial charge is 0.355 e. The fourth-order valence-electron chi connectivity index (χ4n) is 4.26. The third kappa shape index (κ3) is 5.53. The molecule has 0 amide bonds. The van der Waals surface area contributed by atoms with Crippen LogP contribution in [0.4, 0.5) is 16.2 Å². The summed E-state index contributed by atoms with van der Waals surface area (Å²) in [6.07, 6.45) is 2.06. The highest BCUT2D eigenvalue weighted by molar-refractivity contribution is 5.47. The van der Waals surface area contributed by atoms with Gasteiger partial charge in [-0.1, -0.05) is 30.3 Å². The number of hydrogen-bond acceptors (Lipinski definition) is 7. The monoisotopic (exact) mass is 502 g/mol. The van der Waals surface area contributed by atoms with Crippen molar-refractivity contribution in [3.8, 4) is 5.75 Å². The minimum absolute atomic E-state index is 0.0219. The number of nitrogens with one attached hydrogen (secondary N) is 2. The van der Waals surface area contributed by atoms with E-state index in [0.29, 0.717) is 11.3 Å². The van der Waals surface area contributed by atoms with Crippen molar-refractivity contribution >= 4 is 11.8 Å². The molecule has 10 heteroatoms. The highest BCUT2D eigenvalue weighted by atomic mass is 19.1. The van der Waals surface area contributed by atoms with E-state index >= 15 is 0 Å². The normalized spacial score (nSPS) is 12.5. The molecule has 0 saturated heterocycles. The maximum absolute atomic E-state index is 13.5. The fraction of sp³-hybridized carbons (Fsp3) is 0.259. The Kier molecular flexibility index (Phi) is 6.98. The molecule has 37 heavy (non-hydrogen) atoms. The molecule has 0 saturated carbocycles. The first-order valence-electron chi connectivity index (χ1n) is 12.1. The van der Waals surface area contributed by atoms with Gasteiger partial charge in [-0.05, 0) is 59.9 Å². The number of aryl methyl sites for hydroxylation is 1. The van der Waals surface area contributed by atoms with Crippen molar-refractivity contribution in [3.05, 3.63) is 110 Å². The number of pyridine rings is 1. The summed E-state index contributed by atoms with van der Waals surface area (Å²) in [6.45, 7) is 1.32. The van der Waals surface area contributed by atoms with Crippen molar-refractivity contribution in [2.75, 3.05) is 24.3 Å². The number of methoxy groups -OCH3 is 1. The summed E-state index contributed by atoms with van der Waals surface area (Å²) in [5.74, 6) is 1.31. The largest absolute Gasteiger partial charge is 0.497 e. The summed E-state index contributed by atoms with van der Waals surface area (Å²) in [5.41, 5.74) is 2.16. The van der Waals surface area contributed by atoms with Crippen LogP contribution in [-0.4, -0.2) is 32.8 Å². The SMILES string of the molecule is COc1ccc(Cn2c(NCc3ccc4c(n3)NCCC4)nc(=O)n(Cc3ccc(F)cc3)c2=O)cc1. The lowest BCUT2D eigenvalue weighted by molar-refractivity contribution is 0.414. The van der Waals surface area contributed by atoms with Gasteiger partial charge in [0.2, 0.25) is 5.95 Å². The van der Waals surface area contributed by atoms with Crippen LogP contribution in [0.15, 0.2) is 70.3 Å². The predicted molar refractivity (Wildman–Crippen MR) is 139 cm³/mol. The summed E-state index contributed by atoms with van der Waals surface area (Å²) in [7, 11) is 1.58. The van der Waals surface area contributed by atoms with E-state index in [1.54, 1.807) is 19.2 Å². The molecule has 0 aliphatic carbocycles. The summed E-state index contributed by atoms with van der Waals surface area (Å²) in [6, 6.07) is 16.9. The van der Waals surface area contributed by atoms with Gasteiger partial charge in [0.15, 0.2) is 0 Å². The van der Waals surface area contributed by atoms with Crippen LogP contribution in [0.3, 0.4) is 0 Å². The van der Waals surface area contributed by atoms with E-state index in [4.69, 9.17) is 4.74 Å². The second-order valence-electron chi connectivity index (χ2n) is 8.84. The second-order valence-corrected chi connectivity index (χ2v) is 8.84. The third-order valence-corrected chi connectivity index (χ3v) is 6.28. The summed E-state index contributed by atoms with van der Waals surface area (Å²) >= 11 is 0. The Bertz CT molecular complexity index is 1510. The van der Waals surface area contributed by atoms with Crippen LogP contribution in [0.1, 0.15) is 28.8 Å². The molecule has 4 aromatic rings. The minimum atomic E-state index is -0.692. The fourth-order valence-corrected chi connectivity index (χ4v) is 4.26. The molecule has 2 N–H and O–H groups in total. The molecule has 190 valence electrons. The van der Waals surface area contributed by atoms with Crippen LogP contribution in [0.2, 0.25) is 0 Å². The minimum Gasteiger partial charge on any atom is -0.497 e. The number of anilines is 2. The predicted octanol–water partition coefficient (Wildman–Crippen LogP) is 3.01. The van der Waals surface area contributed by atoms with Gasteiger partial charge in [-0.2, -0.15) is 4.98 Å². The first-order valence-corrected chi connectivity index (χ1v) is 12.1.